The van der Waals surface area contributed by atoms with E-state index in [0.717, 1.165) is 54.4 Å². The van der Waals surface area contributed by atoms with Crippen molar-refractivity contribution in [3.8, 4) is 0 Å². The van der Waals surface area contributed by atoms with E-state index in [4.69, 9.17) is 42.6 Å². The summed E-state index contributed by atoms with van der Waals surface area (Å²) < 4.78 is 57.2. The molecule has 4 aromatic rings. The van der Waals surface area contributed by atoms with Crippen LogP contribution < -0.4 is 0 Å². The third-order valence-corrected chi connectivity index (χ3v) is 11.4. The van der Waals surface area contributed by atoms with Crippen LogP contribution in [0.15, 0.2) is 126 Å². The SMILES string of the molecule is COC(=O)CCCCCCCCO[C@@H]1O[C@H](COCc2ccccc2)[C@@H](O)[C@H](O[C@@H]2O[C@@H](C)[C@@H](OCc3ccccc3)[C@@H](OCc3ccccc3)[C@@H]2OCc2ccccc2)[C@H]1N=[N+]=[N-]. The fourth-order valence-corrected chi connectivity index (χ4v) is 7.90. The Balaban J connectivity index is 1.23. The molecule has 10 atom stereocenters. The maximum atomic E-state index is 12.1. The van der Waals surface area contributed by atoms with Gasteiger partial charge in [0.1, 0.15) is 42.7 Å². The molecule has 0 unspecified atom stereocenters. The molecule has 14 nitrogen and oxygen atoms in total. The van der Waals surface area contributed by atoms with Crippen LogP contribution in [-0.2, 0) is 73.9 Å². The molecule has 0 aromatic heterocycles. The fraction of sp³-hybridized carbons (Fsp3) is 0.500. The van der Waals surface area contributed by atoms with Gasteiger partial charge in [-0.1, -0.05) is 152 Å². The lowest BCUT2D eigenvalue weighted by molar-refractivity contribution is -0.353. The van der Waals surface area contributed by atoms with Gasteiger partial charge in [-0.15, -0.1) is 0 Å². The van der Waals surface area contributed by atoms with Gasteiger partial charge in [-0.2, -0.15) is 0 Å². The Labute approximate surface area is 376 Å². The summed E-state index contributed by atoms with van der Waals surface area (Å²) >= 11 is 0. The first kappa shape index (κ1) is 48.7. The normalized spacial score (nSPS) is 25.6. The Hall–Kier alpha value is -4.70. The summed E-state index contributed by atoms with van der Waals surface area (Å²) in [5.41, 5.74) is 13.7. The second-order valence-electron chi connectivity index (χ2n) is 16.1. The number of carbonyl (C=O) groups is 1. The number of unbranched alkanes of at least 4 members (excludes halogenated alkanes) is 5. The summed E-state index contributed by atoms with van der Waals surface area (Å²) in [6.45, 7) is 3.24. The summed E-state index contributed by atoms with van der Waals surface area (Å²) in [6, 6.07) is 38.1. The Morgan fingerprint density at radius 1 is 0.625 bits per heavy atom. The van der Waals surface area contributed by atoms with E-state index in [0.29, 0.717) is 26.1 Å². The molecule has 64 heavy (non-hydrogen) atoms. The van der Waals surface area contributed by atoms with E-state index in [-0.39, 0.29) is 32.4 Å². The molecule has 0 saturated carbocycles. The molecule has 2 fully saturated rings. The molecule has 2 saturated heterocycles. The number of rotatable bonds is 26. The number of azide groups is 1. The summed E-state index contributed by atoms with van der Waals surface area (Å²) in [5, 5.41) is 16.2. The number of hydrogen-bond acceptors (Lipinski definition) is 12. The van der Waals surface area contributed by atoms with Crippen molar-refractivity contribution >= 4 is 5.97 Å². The van der Waals surface area contributed by atoms with Gasteiger partial charge in [-0.25, -0.2) is 0 Å². The van der Waals surface area contributed by atoms with Crippen molar-refractivity contribution in [2.75, 3.05) is 20.3 Å². The molecule has 0 aliphatic carbocycles. The summed E-state index contributed by atoms with van der Waals surface area (Å²) in [7, 11) is 1.40. The van der Waals surface area contributed by atoms with Crippen LogP contribution in [0.3, 0.4) is 0 Å². The number of ether oxygens (including phenoxy) is 9. The van der Waals surface area contributed by atoms with E-state index in [9.17, 15) is 15.4 Å². The second kappa shape index (κ2) is 26.9. The smallest absolute Gasteiger partial charge is 0.305 e. The first-order valence-electron chi connectivity index (χ1n) is 22.4. The number of methoxy groups -OCH3 is 1. The zero-order valence-electron chi connectivity index (χ0n) is 36.9. The Morgan fingerprint density at radius 3 is 1.67 bits per heavy atom. The summed E-state index contributed by atoms with van der Waals surface area (Å²) in [5.74, 6) is -0.195. The highest BCUT2D eigenvalue weighted by Gasteiger charge is 2.52. The lowest BCUT2D eigenvalue weighted by Gasteiger charge is -2.48. The van der Waals surface area contributed by atoms with E-state index >= 15 is 0 Å². The highest BCUT2D eigenvalue weighted by Crippen LogP contribution is 2.35. The minimum atomic E-state index is -1.33. The fourth-order valence-electron chi connectivity index (χ4n) is 7.90. The molecule has 2 aliphatic heterocycles. The van der Waals surface area contributed by atoms with Crippen molar-refractivity contribution in [2.24, 2.45) is 5.11 Å². The largest absolute Gasteiger partial charge is 0.469 e. The van der Waals surface area contributed by atoms with Gasteiger partial charge in [0, 0.05) is 17.9 Å². The molecule has 0 radical (unpaired) electrons. The van der Waals surface area contributed by atoms with E-state index in [1.807, 2.05) is 128 Å². The molecule has 344 valence electrons. The lowest BCUT2D eigenvalue weighted by Crippen LogP contribution is -2.64. The Morgan fingerprint density at radius 2 is 1.12 bits per heavy atom. The lowest BCUT2D eigenvalue weighted by atomic mass is 9.95. The molecule has 1 N–H and O–H groups in total. The number of esters is 1. The van der Waals surface area contributed by atoms with Crippen molar-refractivity contribution in [1.29, 1.82) is 0 Å². The van der Waals surface area contributed by atoms with Crippen LogP contribution in [0, 0.1) is 0 Å². The first-order valence-corrected chi connectivity index (χ1v) is 22.4. The summed E-state index contributed by atoms with van der Waals surface area (Å²) in [6.07, 6.45) is -2.74. The highest BCUT2D eigenvalue weighted by atomic mass is 16.7. The minimum Gasteiger partial charge on any atom is -0.469 e. The van der Waals surface area contributed by atoms with Crippen molar-refractivity contribution in [2.45, 2.75) is 140 Å². The van der Waals surface area contributed by atoms with Gasteiger partial charge in [0.15, 0.2) is 12.6 Å². The topological polar surface area (TPSA) is 169 Å². The Bertz CT molecular complexity index is 1940. The van der Waals surface area contributed by atoms with Gasteiger partial charge >= 0.3 is 5.97 Å². The second-order valence-corrected chi connectivity index (χ2v) is 16.1. The molecule has 0 bridgehead atoms. The van der Waals surface area contributed by atoms with Crippen molar-refractivity contribution in [3.05, 3.63) is 154 Å². The zero-order chi connectivity index (χ0) is 44.8. The van der Waals surface area contributed by atoms with Gasteiger partial charge in [0.05, 0.1) is 46.2 Å². The highest BCUT2D eigenvalue weighted by molar-refractivity contribution is 5.68. The van der Waals surface area contributed by atoms with E-state index in [1.54, 1.807) is 0 Å². The van der Waals surface area contributed by atoms with Gasteiger partial charge in [0.2, 0.25) is 0 Å². The molecule has 0 spiro atoms. The first-order chi connectivity index (χ1) is 31.4. The summed E-state index contributed by atoms with van der Waals surface area (Å²) in [4.78, 5) is 14.6. The number of hydrogen-bond donors (Lipinski definition) is 1. The van der Waals surface area contributed by atoms with Crippen LogP contribution in [-0.4, -0.2) is 92.7 Å². The molecule has 2 heterocycles. The van der Waals surface area contributed by atoms with Gasteiger partial charge in [0.25, 0.3) is 0 Å². The molecule has 4 aromatic carbocycles. The maximum Gasteiger partial charge on any atom is 0.305 e. The quantitative estimate of drug-likeness (QED) is 0.0210. The van der Waals surface area contributed by atoms with E-state index < -0.39 is 61.3 Å². The average molecular weight is 882 g/mol. The van der Waals surface area contributed by atoms with Crippen LogP contribution in [0.1, 0.15) is 74.1 Å². The molecule has 2 aliphatic rings. The average Bonchev–Trinajstić information content (AvgIpc) is 3.33. The predicted molar refractivity (Wildman–Crippen MR) is 238 cm³/mol. The van der Waals surface area contributed by atoms with Crippen LogP contribution in [0.5, 0.6) is 0 Å². The number of carbonyl (C=O) groups excluding carboxylic acids is 1. The third-order valence-electron chi connectivity index (χ3n) is 11.4. The van der Waals surface area contributed by atoms with Crippen LogP contribution in [0.2, 0.25) is 0 Å². The molecular formula is C50H63N3O11. The zero-order valence-corrected chi connectivity index (χ0v) is 36.9. The van der Waals surface area contributed by atoms with Gasteiger partial charge in [-0.05, 0) is 47.6 Å². The monoisotopic (exact) mass is 881 g/mol. The predicted octanol–water partition coefficient (Wildman–Crippen LogP) is 8.77. The Kier molecular flexibility index (Phi) is 20.5. The van der Waals surface area contributed by atoms with Crippen molar-refractivity contribution < 1.29 is 52.5 Å². The van der Waals surface area contributed by atoms with Crippen molar-refractivity contribution in [1.82, 2.24) is 0 Å². The molecule has 14 heteroatoms. The van der Waals surface area contributed by atoms with Crippen LogP contribution in [0.25, 0.3) is 10.4 Å². The van der Waals surface area contributed by atoms with Crippen molar-refractivity contribution in [3.63, 3.8) is 0 Å². The molecular weight excluding hydrogens is 819 g/mol. The number of nitrogens with zero attached hydrogens (tertiary/aromatic N) is 3. The number of aliphatic hydroxyl groups excluding tert-OH is 1. The van der Waals surface area contributed by atoms with E-state index in [1.165, 1.54) is 7.11 Å². The third kappa shape index (κ3) is 15.2. The van der Waals surface area contributed by atoms with Crippen LogP contribution >= 0.6 is 0 Å². The maximum absolute atomic E-state index is 12.1. The van der Waals surface area contributed by atoms with Gasteiger partial charge < -0.3 is 47.7 Å². The van der Waals surface area contributed by atoms with E-state index in [2.05, 4.69) is 10.0 Å². The van der Waals surface area contributed by atoms with Crippen LogP contribution in [0.4, 0.5) is 0 Å². The van der Waals surface area contributed by atoms with Gasteiger partial charge in [-0.3, -0.25) is 4.79 Å². The minimum absolute atomic E-state index is 0.00157. The molecule has 0 amide bonds. The molecule has 6 rings (SSSR count). The standard InChI is InChI=1S/C50H63N3O11/c1-36-45(59-32-38-23-13-8-14-24-38)47(60-33-39-25-15-9-16-26-39)48(61-34-40-27-17-10-18-28-40)50(62-36)64-46-43(52-53-51)49(58-30-20-6-4-3-5-19-29-42(54)56-2)63-41(44(46)55)35-57-31-37-21-11-7-12-22-37/h7-18,21-28,36,41,43-50,55H,3-6,19-20,29-35H2,1-2H3/t36-,41+,43+,44+,45+,46+,47+,48-,49+,50-/m0/s1. The number of aliphatic hydroxyl groups is 1. The number of benzene rings is 4.